The van der Waals surface area contributed by atoms with Gasteiger partial charge in [-0.25, -0.2) is 0 Å². The van der Waals surface area contributed by atoms with E-state index in [-0.39, 0.29) is 0 Å². The fraction of sp³-hybridized carbons (Fsp3) is 0.750. The molecule has 0 aliphatic rings. The normalized spacial score (nSPS) is 12.8. The highest BCUT2D eigenvalue weighted by atomic mass is 32.1. The van der Waals surface area contributed by atoms with Gasteiger partial charge in [-0.15, -0.1) is 10.2 Å². The summed E-state index contributed by atoms with van der Waals surface area (Å²) in [6.07, 6.45) is 2.23. The van der Waals surface area contributed by atoms with Gasteiger partial charge in [0, 0.05) is 6.54 Å². The van der Waals surface area contributed by atoms with E-state index >= 15 is 0 Å². The molecule has 5 heteroatoms. The first kappa shape index (κ1) is 10.4. The molecular weight excluding hydrogens is 184 g/mol. The van der Waals surface area contributed by atoms with Crippen LogP contribution in [0.15, 0.2) is 5.51 Å². The van der Waals surface area contributed by atoms with Crippen LogP contribution < -0.4 is 11.1 Å². The summed E-state index contributed by atoms with van der Waals surface area (Å²) in [7, 11) is 0. The summed E-state index contributed by atoms with van der Waals surface area (Å²) in [6.45, 7) is 3.89. The van der Waals surface area contributed by atoms with Gasteiger partial charge in [0.2, 0.25) is 5.13 Å². The number of nitrogens with zero attached hydrogens (tertiary/aromatic N) is 2. The van der Waals surface area contributed by atoms with Gasteiger partial charge in [-0.05, 0) is 18.9 Å². The van der Waals surface area contributed by atoms with Crippen molar-refractivity contribution in [2.24, 2.45) is 11.7 Å². The van der Waals surface area contributed by atoms with E-state index in [4.69, 9.17) is 5.73 Å². The standard InChI is InChI=1S/C8H16N4S/c1-2-7(3-4-9)5-10-8-12-11-6-13-8/h6-7H,2-5,9H2,1H3,(H,10,12). The number of hydrogen-bond donors (Lipinski definition) is 2. The third kappa shape index (κ3) is 3.69. The van der Waals surface area contributed by atoms with Crippen LogP contribution in [0.25, 0.3) is 0 Å². The Morgan fingerprint density at radius 3 is 3.08 bits per heavy atom. The molecule has 1 aromatic heterocycles. The lowest BCUT2D eigenvalue weighted by atomic mass is 10.0. The summed E-state index contributed by atoms with van der Waals surface area (Å²) in [6, 6.07) is 0. The average Bonchev–Trinajstić information content (AvgIpc) is 2.64. The predicted octanol–water partition coefficient (Wildman–Crippen LogP) is 1.32. The molecule has 1 rings (SSSR count). The van der Waals surface area contributed by atoms with Gasteiger partial charge in [0.15, 0.2) is 0 Å². The molecule has 4 nitrogen and oxygen atoms in total. The van der Waals surface area contributed by atoms with Crippen molar-refractivity contribution in [3.05, 3.63) is 5.51 Å². The molecule has 13 heavy (non-hydrogen) atoms. The quantitative estimate of drug-likeness (QED) is 0.727. The van der Waals surface area contributed by atoms with Crippen molar-refractivity contribution in [3.63, 3.8) is 0 Å². The van der Waals surface area contributed by atoms with Gasteiger partial charge < -0.3 is 11.1 Å². The molecule has 0 spiro atoms. The lowest BCUT2D eigenvalue weighted by Crippen LogP contribution is -2.17. The van der Waals surface area contributed by atoms with Gasteiger partial charge in [-0.1, -0.05) is 24.7 Å². The first-order valence-electron chi connectivity index (χ1n) is 4.57. The summed E-state index contributed by atoms with van der Waals surface area (Å²) >= 11 is 1.53. The smallest absolute Gasteiger partial charge is 0.205 e. The van der Waals surface area contributed by atoms with E-state index < -0.39 is 0 Å². The molecule has 0 aliphatic heterocycles. The molecule has 1 aromatic rings. The van der Waals surface area contributed by atoms with Crippen molar-refractivity contribution in [1.29, 1.82) is 0 Å². The Bertz CT molecular complexity index is 212. The van der Waals surface area contributed by atoms with Gasteiger partial charge in [-0.2, -0.15) is 0 Å². The van der Waals surface area contributed by atoms with Crippen molar-refractivity contribution in [2.45, 2.75) is 19.8 Å². The molecule has 1 atom stereocenters. The minimum absolute atomic E-state index is 0.647. The van der Waals surface area contributed by atoms with Crippen LogP contribution in [0.4, 0.5) is 5.13 Å². The minimum atomic E-state index is 0.647. The minimum Gasteiger partial charge on any atom is -0.360 e. The molecule has 0 bridgehead atoms. The third-order valence-corrected chi connectivity index (χ3v) is 2.70. The lowest BCUT2D eigenvalue weighted by Gasteiger charge is -2.13. The summed E-state index contributed by atoms with van der Waals surface area (Å²) in [4.78, 5) is 0. The maximum atomic E-state index is 5.50. The van der Waals surface area contributed by atoms with Crippen molar-refractivity contribution >= 4 is 16.5 Å². The van der Waals surface area contributed by atoms with E-state index in [0.29, 0.717) is 5.92 Å². The number of anilines is 1. The topological polar surface area (TPSA) is 63.8 Å². The predicted molar refractivity (Wildman–Crippen MR) is 55.9 cm³/mol. The first-order valence-corrected chi connectivity index (χ1v) is 5.44. The summed E-state index contributed by atoms with van der Waals surface area (Å²) in [5.41, 5.74) is 7.23. The van der Waals surface area contributed by atoms with Crippen LogP contribution in [0, 0.1) is 5.92 Å². The van der Waals surface area contributed by atoms with Gasteiger partial charge in [0.25, 0.3) is 0 Å². The van der Waals surface area contributed by atoms with Crippen LogP contribution >= 0.6 is 11.3 Å². The maximum absolute atomic E-state index is 5.50. The van der Waals surface area contributed by atoms with Crippen LogP contribution in [0.5, 0.6) is 0 Å². The largest absolute Gasteiger partial charge is 0.360 e. The zero-order valence-corrected chi connectivity index (χ0v) is 8.68. The summed E-state index contributed by atoms with van der Waals surface area (Å²) in [5.74, 6) is 0.647. The highest BCUT2D eigenvalue weighted by molar-refractivity contribution is 7.13. The Labute approximate surface area is 82.6 Å². The fourth-order valence-corrected chi connectivity index (χ4v) is 1.62. The van der Waals surface area contributed by atoms with Crippen molar-refractivity contribution < 1.29 is 0 Å². The Kier molecular flexibility index (Phi) is 4.70. The van der Waals surface area contributed by atoms with Crippen LogP contribution in [-0.2, 0) is 0 Å². The van der Waals surface area contributed by atoms with E-state index in [1.807, 2.05) is 0 Å². The van der Waals surface area contributed by atoms with Crippen molar-refractivity contribution in [2.75, 3.05) is 18.4 Å². The van der Waals surface area contributed by atoms with Gasteiger partial charge >= 0.3 is 0 Å². The second kappa shape index (κ2) is 5.88. The summed E-state index contributed by atoms with van der Waals surface area (Å²) < 4.78 is 0. The van der Waals surface area contributed by atoms with E-state index in [9.17, 15) is 0 Å². The second-order valence-corrected chi connectivity index (χ2v) is 3.81. The Balaban J connectivity index is 2.23. The molecule has 74 valence electrons. The molecule has 0 radical (unpaired) electrons. The molecule has 1 heterocycles. The SMILES string of the molecule is CCC(CCN)CNc1nncs1. The number of nitrogens with one attached hydrogen (secondary N) is 1. The van der Waals surface area contributed by atoms with Crippen molar-refractivity contribution in [1.82, 2.24) is 10.2 Å². The monoisotopic (exact) mass is 200 g/mol. The summed E-state index contributed by atoms with van der Waals surface area (Å²) in [5, 5.41) is 11.8. The van der Waals surface area contributed by atoms with Crippen LogP contribution in [0.2, 0.25) is 0 Å². The molecule has 0 saturated heterocycles. The maximum Gasteiger partial charge on any atom is 0.205 e. The van der Waals surface area contributed by atoms with Gasteiger partial charge in [0.1, 0.15) is 5.51 Å². The third-order valence-electron chi connectivity index (χ3n) is 2.05. The Morgan fingerprint density at radius 1 is 1.69 bits per heavy atom. The lowest BCUT2D eigenvalue weighted by molar-refractivity contribution is 0.501. The average molecular weight is 200 g/mol. The van der Waals surface area contributed by atoms with Crippen LogP contribution in [0.3, 0.4) is 0 Å². The van der Waals surface area contributed by atoms with E-state index in [1.54, 1.807) is 5.51 Å². The molecule has 1 unspecified atom stereocenters. The zero-order valence-electron chi connectivity index (χ0n) is 7.86. The van der Waals surface area contributed by atoms with E-state index in [1.165, 1.54) is 11.3 Å². The van der Waals surface area contributed by atoms with Crippen LogP contribution in [-0.4, -0.2) is 23.3 Å². The van der Waals surface area contributed by atoms with Crippen LogP contribution in [0.1, 0.15) is 19.8 Å². The molecule has 0 aliphatic carbocycles. The number of hydrogen-bond acceptors (Lipinski definition) is 5. The number of rotatable bonds is 6. The van der Waals surface area contributed by atoms with E-state index in [0.717, 1.165) is 31.1 Å². The Morgan fingerprint density at radius 2 is 2.54 bits per heavy atom. The van der Waals surface area contributed by atoms with E-state index in [2.05, 4.69) is 22.4 Å². The molecule has 0 saturated carbocycles. The molecule has 0 aromatic carbocycles. The molecule has 3 N–H and O–H groups in total. The van der Waals surface area contributed by atoms with Gasteiger partial charge in [0.05, 0.1) is 0 Å². The van der Waals surface area contributed by atoms with Gasteiger partial charge in [-0.3, -0.25) is 0 Å². The fourth-order valence-electron chi connectivity index (χ4n) is 1.17. The van der Waals surface area contributed by atoms with Crippen molar-refractivity contribution in [3.8, 4) is 0 Å². The molecular formula is C8H16N4S. The highest BCUT2D eigenvalue weighted by Crippen LogP contribution is 2.12. The molecule has 0 fully saturated rings. The molecule has 0 amide bonds. The second-order valence-electron chi connectivity index (χ2n) is 2.98. The first-order chi connectivity index (χ1) is 6.36. The number of aromatic nitrogens is 2. The number of nitrogens with two attached hydrogens (primary N) is 1. The zero-order chi connectivity index (χ0) is 9.52. The Hall–Kier alpha value is -0.680. The highest BCUT2D eigenvalue weighted by Gasteiger charge is 2.05.